The highest BCUT2D eigenvalue weighted by molar-refractivity contribution is 5.79. The molecular formula is C20H25N3O2. The molecule has 1 aliphatic carbocycles. The summed E-state index contributed by atoms with van der Waals surface area (Å²) in [5.41, 5.74) is 1.97. The van der Waals surface area contributed by atoms with Crippen molar-refractivity contribution in [3.05, 3.63) is 63.3 Å². The van der Waals surface area contributed by atoms with Crippen LogP contribution in [0.1, 0.15) is 54.4 Å². The highest BCUT2D eigenvalue weighted by Crippen LogP contribution is 2.35. The van der Waals surface area contributed by atoms with E-state index in [1.807, 2.05) is 18.2 Å². The number of H-pyrrole nitrogens is 1. The highest BCUT2D eigenvalue weighted by atomic mass is 16.2. The first-order chi connectivity index (χ1) is 12.0. The van der Waals surface area contributed by atoms with E-state index in [4.69, 9.17) is 0 Å². The minimum Gasteiger partial charge on any atom is -0.349 e. The Balaban J connectivity index is 1.78. The first kappa shape index (κ1) is 17.4. The third kappa shape index (κ3) is 4.16. The first-order valence-corrected chi connectivity index (χ1v) is 8.95. The summed E-state index contributed by atoms with van der Waals surface area (Å²) < 4.78 is 0. The van der Waals surface area contributed by atoms with Gasteiger partial charge in [0.2, 0.25) is 5.91 Å². The van der Waals surface area contributed by atoms with Gasteiger partial charge in [-0.05, 0) is 38.2 Å². The third-order valence-corrected chi connectivity index (χ3v) is 5.02. The van der Waals surface area contributed by atoms with Crippen molar-refractivity contribution in [1.82, 2.24) is 15.3 Å². The Bertz CT molecular complexity index is 792. The lowest BCUT2D eigenvalue weighted by Gasteiger charge is -2.25. The van der Waals surface area contributed by atoms with Crippen LogP contribution in [0.3, 0.4) is 0 Å². The minimum atomic E-state index is -0.225. The summed E-state index contributed by atoms with van der Waals surface area (Å²) in [5, 5.41) is 3.17. The van der Waals surface area contributed by atoms with Gasteiger partial charge in [-0.2, -0.15) is 0 Å². The average Bonchev–Trinajstić information content (AvgIpc) is 3.11. The molecule has 0 saturated heterocycles. The smallest absolute Gasteiger partial charge is 0.254 e. The monoisotopic (exact) mass is 339 g/mol. The lowest BCUT2D eigenvalue weighted by molar-refractivity contribution is -0.121. The number of rotatable bonds is 5. The molecular weight excluding hydrogens is 314 g/mol. The van der Waals surface area contributed by atoms with Crippen molar-refractivity contribution in [2.24, 2.45) is 5.92 Å². The topological polar surface area (TPSA) is 74.8 Å². The number of nitrogens with one attached hydrogen (secondary N) is 2. The molecule has 1 aliphatic rings. The van der Waals surface area contributed by atoms with Crippen molar-refractivity contribution in [3.63, 3.8) is 0 Å². The summed E-state index contributed by atoms with van der Waals surface area (Å²) in [6, 6.07) is 10.1. The fourth-order valence-corrected chi connectivity index (χ4v) is 3.77. The van der Waals surface area contributed by atoms with Gasteiger partial charge < -0.3 is 10.3 Å². The largest absolute Gasteiger partial charge is 0.349 e. The minimum absolute atomic E-state index is 0.00833. The van der Waals surface area contributed by atoms with Crippen LogP contribution in [0, 0.1) is 19.8 Å². The Hall–Kier alpha value is -2.43. The molecule has 132 valence electrons. The summed E-state index contributed by atoms with van der Waals surface area (Å²) in [6.45, 7) is 3.51. The van der Waals surface area contributed by atoms with E-state index in [0.717, 1.165) is 18.4 Å². The molecule has 1 saturated carbocycles. The summed E-state index contributed by atoms with van der Waals surface area (Å²) in [4.78, 5) is 31.7. The average molecular weight is 339 g/mol. The van der Waals surface area contributed by atoms with Crippen LogP contribution in [0.5, 0.6) is 0 Å². The molecule has 5 nitrogen and oxygen atoms in total. The molecule has 3 rings (SSSR count). The zero-order valence-electron chi connectivity index (χ0n) is 14.8. The Morgan fingerprint density at radius 3 is 2.56 bits per heavy atom. The molecule has 2 aromatic rings. The van der Waals surface area contributed by atoms with E-state index < -0.39 is 0 Å². The maximum absolute atomic E-state index is 12.7. The Kier molecular flexibility index (Phi) is 5.31. The molecule has 1 amide bonds. The lowest BCUT2D eigenvalue weighted by atomic mass is 9.91. The first-order valence-electron chi connectivity index (χ1n) is 8.95. The van der Waals surface area contributed by atoms with Crippen LogP contribution in [-0.4, -0.2) is 15.9 Å². The fourth-order valence-electron chi connectivity index (χ4n) is 3.77. The van der Waals surface area contributed by atoms with Gasteiger partial charge in [0.1, 0.15) is 5.82 Å². The number of aromatic amines is 1. The SMILES string of the molecule is Cc1nc(C)c(CC(=O)N[C@@H](c2ccccc2)C2CCCC2)c(=O)[nH]1. The van der Waals surface area contributed by atoms with Gasteiger partial charge in [0.25, 0.3) is 5.56 Å². The number of aromatic nitrogens is 2. The molecule has 5 heteroatoms. The lowest BCUT2D eigenvalue weighted by Crippen LogP contribution is -2.35. The number of hydrogen-bond donors (Lipinski definition) is 2. The number of benzene rings is 1. The number of carbonyl (C=O) groups is 1. The van der Waals surface area contributed by atoms with Gasteiger partial charge in [-0.25, -0.2) is 4.98 Å². The maximum Gasteiger partial charge on any atom is 0.254 e. The molecule has 1 aromatic carbocycles. The van der Waals surface area contributed by atoms with E-state index in [1.165, 1.54) is 12.8 Å². The van der Waals surface area contributed by atoms with Crippen molar-refractivity contribution in [1.29, 1.82) is 0 Å². The quantitative estimate of drug-likeness (QED) is 0.879. The van der Waals surface area contributed by atoms with Gasteiger partial charge in [0.05, 0.1) is 12.5 Å². The molecule has 1 aromatic heterocycles. The second-order valence-corrected chi connectivity index (χ2v) is 6.89. The van der Waals surface area contributed by atoms with Crippen LogP contribution in [0.4, 0.5) is 0 Å². The number of hydrogen-bond acceptors (Lipinski definition) is 3. The molecule has 0 unspecified atom stereocenters. The molecule has 1 heterocycles. The molecule has 0 aliphatic heterocycles. The van der Waals surface area contributed by atoms with Crippen molar-refractivity contribution >= 4 is 5.91 Å². The highest BCUT2D eigenvalue weighted by Gasteiger charge is 2.28. The number of carbonyl (C=O) groups excluding carboxylic acids is 1. The van der Waals surface area contributed by atoms with Crippen LogP contribution in [0.15, 0.2) is 35.1 Å². The summed E-state index contributed by atoms with van der Waals surface area (Å²) >= 11 is 0. The van der Waals surface area contributed by atoms with Crippen molar-refractivity contribution in [2.45, 2.75) is 52.0 Å². The second kappa shape index (κ2) is 7.64. The van der Waals surface area contributed by atoms with Gasteiger partial charge in [-0.15, -0.1) is 0 Å². The number of nitrogens with zero attached hydrogens (tertiary/aromatic N) is 1. The van der Waals surface area contributed by atoms with Crippen LogP contribution < -0.4 is 10.9 Å². The van der Waals surface area contributed by atoms with E-state index in [0.29, 0.717) is 23.0 Å². The molecule has 1 atom stereocenters. The normalized spacial score (nSPS) is 15.9. The Morgan fingerprint density at radius 2 is 1.92 bits per heavy atom. The zero-order valence-corrected chi connectivity index (χ0v) is 14.8. The number of aryl methyl sites for hydroxylation is 2. The van der Waals surface area contributed by atoms with Crippen LogP contribution in [0.25, 0.3) is 0 Å². The standard InChI is InChI=1S/C20H25N3O2/c1-13-17(20(25)22-14(2)21-13)12-18(24)23-19(16-10-6-7-11-16)15-8-4-3-5-9-15/h3-5,8-9,16,19H,6-7,10-12H2,1-2H3,(H,23,24)(H,21,22,25)/t19-/m0/s1. The van der Waals surface area contributed by atoms with Crippen molar-refractivity contribution in [2.75, 3.05) is 0 Å². The van der Waals surface area contributed by atoms with E-state index in [-0.39, 0.29) is 23.9 Å². The molecule has 0 bridgehead atoms. The van der Waals surface area contributed by atoms with Crippen molar-refractivity contribution < 1.29 is 4.79 Å². The van der Waals surface area contributed by atoms with E-state index in [2.05, 4.69) is 27.4 Å². The zero-order chi connectivity index (χ0) is 17.8. The molecule has 1 fully saturated rings. The Morgan fingerprint density at radius 1 is 1.24 bits per heavy atom. The van der Waals surface area contributed by atoms with Gasteiger partial charge in [0, 0.05) is 11.3 Å². The molecule has 0 spiro atoms. The molecule has 25 heavy (non-hydrogen) atoms. The van der Waals surface area contributed by atoms with E-state index in [9.17, 15) is 9.59 Å². The summed E-state index contributed by atoms with van der Waals surface area (Å²) in [6.07, 6.45) is 4.75. The second-order valence-electron chi connectivity index (χ2n) is 6.89. The Labute approximate surface area is 147 Å². The molecule has 2 N–H and O–H groups in total. The number of amides is 1. The van der Waals surface area contributed by atoms with E-state index in [1.54, 1.807) is 13.8 Å². The summed E-state index contributed by atoms with van der Waals surface area (Å²) in [5.74, 6) is 0.904. The van der Waals surface area contributed by atoms with Crippen LogP contribution >= 0.6 is 0 Å². The van der Waals surface area contributed by atoms with Crippen LogP contribution in [0.2, 0.25) is 0 Å². The maximum atomic E-state index is 12.7. The van der Waals surface area contributed by atoms with Gasteiger partial charge in [0.15, 0.2) is 0 Å². The molecule has 0 radical (unpaired) electrons. The van der Waals surface area contributed by atoms with Gasteiger partial charge in [-0.3, -0.25) is 9.59 Å². The van der Waals surface area contributed by atoms with Crippen LogP contribution in [-0.2, 0) is 11.2 Å². The summed E-state index contributed by atoms with van der Waals surface area (Å²) in [7, 11) is 0. The van der Waals surface area contributed by atoms with Gasteiger partial charge >= 0.3 is 0 Å². The predicted molar refractivity (Wildman–Crippen MR) is 97.3 cm³/mol. The van der Waals surface area contributed by atoms with E-state index >= 15 is 0 Å². The van der Waals surface area contributed by atoms with Crippen molar-refractivity contribution in [3.8, 4) is 0 Å². The third-order valence-electron chi connectivity index (χ3n) is 5.02. The fraction of sp³-hybridized carbons (Fsp3) is 0.450. The van der Waals surface area contributed by atoms with Gasteiger partial charge in [-0.1, -0.05) is 43.2 Å². The predicted octanol–water partition coefficient (Wildman–Crippen LogP) is 2.98.